The zero-order valence-corrected chi connectivity index (χ0v) is 8.48. The molecule has 0 aliphatic carbocycles. The highest BCUT2D eigenvalue weighted by Gasteiger charge is 2.06. The lowest BCUT2D eigenvalue weighted by Crippen LogP contribution is -2.21. The van der Waals surface area contributed by atoms with E-state index in [1.165, 1.54) is 11.3 Å². The molecular weight excluding hydrogens is 212 g/mol. The lowest BCUT2D eigenvalue weighted by Gasteiger charge is -1.90. The fraction of sp³-hybridized carbons (Fsp3) is 0. The Labute approximate surface area is 89.7 Å². The zero-order valence-electron chi connectivity index (χ0n) is 7.66. The van der Waals surface area contributed by atoms with Crippen LogP contribution in [0.2, 0.25) is 0 Å². The van der Waals surface area contributed by atoms with Crippen molar-refractivity contribution in [1.29, 1.82) is 0 Å². The van der Waals surface area contributed by atoms with E-state index in [0.717, 1.165) is 5.69 Å². The van der Waals surface area contributed by atoms with Gasteiger partial charge in [-0.1, -0.05) is 17.4 Å². The molecule has 0 spiro atoms. The summed E-state index contributed by atoms with van der Waals surface area (Å²) in [6, 6.07) is 5.56. The summed E-state index contributed by atoms with van der Waals surface area (Å²) < 4.78 is 0. The van der Waals surface area contributed by atoms with Gasteiger partial charge in [0.2, 0.25) is 5.13 Å². The van der Waals surface area contributed by atoms with Gasteiger partial charge in [-0.25, -0.2) is 0 Å². The van der Waals surface area contributed by atoms with Crippen molar-refractivity contribution in [3.63, 3.8) is 0 Å². The topological polar surface area (TPSA) is 103 Å². The first-order valence-electron chi connectivity index (χ1n) is 4.10. The van der Waals surface area contributed by atoms with Crippen molar-refractivity contribution in [3.05, 3.63) is 24.4 Å². The van der Waals surface area contributed by atoms with Gasteiger partial charge < -0.3 is 11.5 Å². The van der Waals surface area contributed by atoms with Crippen molar-refractivity contribution >= 4 is 22.4 Å². The molecule has 76 valence electrons. The average molecular weight is 220 g/mol. The van der Waals surface area contributed by atoms with E-state index in [2.05, 4.69) is 20.2 Å². The molecule has 0 unspecified atom stereocenters. The molecule has 0 aliphatic rings. The van der Waals surface area contributed by atoms with Crippen LogP contribution in [0.4, 0.5) is 5.13 Å². The lowest BCUT2D eigenvalue weighted by molar-refractivity contribution is 1.08. The third-order valence-corrected chi connectivity index (χ3v) is 2.36. The third-order valence-electron chi connectivity index (χ3n) is 1.52. The quantitative estimate of drug-likeness (QED) is 0.566. The number of pyridine rings is 1. The Morgan fingerprint density at radius 2 is 2.13 bits per heavy atom. The van der Waals surface area contributed by atoms with Gasteiger partial charge >= 0.3 is 0 Å². The average Bonchev–Trinajstić information content (AvgIpc) is 2.67. The van der Waals surface area contributed by atoms with Crippen LogP contribution in [0.5, 0.6) is 0 Å². The van der Waals surface area contributed by atoms with Gasteiger partial charge in [-0.05, 0) is 12.1 Å². The van der Waals surface area contributed by atoms with Crippen molar-refractivity contribution in [2.24, 2.45) is 16.5 Å². The van der Waals surface area contributed by atoms with Crippen LogP contribution in [0.1, 0.15) is 0 Å². The second kappa shape index (κ2) is 4.01. The predicted molar refractivity (Wildman–Crippen MR) is 58.6 cm³/mol. The van der Waals surface area contributed by atoms with Crippen molar-refractivity contribution in [3.8, 4) is 10.7 Å². The highest BCUT2D eigenvalue weighted by molar-refractivity contribution is 7.18. The lowest BCUT2D eigenvalue weighted by atomic mass is 10.4. The molecule has 7 heteroatoms. The summed E-state index contributed by atoms with van der Waals surface area (Å²) in [5.74, 6) is -0.0290. The Balaban J connectivity index is 2.32. The van der Waals surface area contributed by atoms with E-state index in [4.69, 9.17) is 11.5 Å². The van der Waals surface area contributed by atoms with Crippen molar-refractivity contribution < 1.29 is 0 Å². The Kier molecular flexibility index (Phi) is 2.55. The van der Waals surface area contributed by atoms with Gasteiger partial charge in [0.1, 0.15) is 5.69 Å². The van der Waals surface area contributed by atoms with Crippen LogP contribution in [0, 0.1) is 0 Å². The second-order valence-electron chi connectivity index (χ2n) is 2.64. The van der Waals surface area contributed by atoms with E-state index in [1.54, 1.807) is 6.20 Å². The standard InChI is InChI=1S/C8H8N6S/c9-7(10)12-8-14-13-6(15-8)5-3-1-2-4-11-5/h1-4H,(H4,9,10,12,14). The van der Waals surface area contributed by atoms with Crippen molar-refractivity contribution in [2.45, 2.75) is 0 Å². The monoisotopic (exact) mass is 220 g/mol. The van der Waals surface area contributed by atoms with Gasteiger partial charge in [-0.2, -0.15) is 4.99 Å². The van der Waals surface area contributed by atoms with Crippen molar-refractivity contribution in [1.82, 2.24) is 15.2 Å². The smallest absolute Gasteiger partial charge is 0.235 e. The van der Waals surface area contributed by atoms with Gasteiger partial charge in [-0.15, -0.1) is 10.2 Å². The molecule has 0 saturated carbocycles. The predicted octanol–water partition coefficient (Wildman–Crippen LogP) is 0.505. The molecule has 0 saturated heterocycles. The fourth-order valence-electron chi connectivity index (χ4n) is 0.964. The number of rotatable bonds is 2. The molecule has 2 aromatic rings. The first-order valence-corrected chi connectivity index (χ1v) is 4.92. The molecule has 0 fully saturated rings. The molecule has 2 heterocycles. The van der Waals surface area contributed by atoms with E-state index in [9.17, 15) is 0 Å². The number of nitrogens with zero attached hydrogens (tertiary/aromatic N) is 4. The van der Waals surface area contributed by atoms with E-state index in [-0.39, 0.29) is 5.96 Å². The Hall–Kier alpha value is -2.02. The SMILES string of the molecule is NC(N)=Nc1nnc(-c2ccccn2)s1. The molecule has 0 aromatic carbocycles. The first kappa shape index (κ1) is 9.53. The number of guanidine groups is 1. The highest BCUT2D eigenvalue weighted by Crippen LogP contribution is 2.25. The molecule has 0 radical (unpaired) electrons. The number of nitrogens with two attached hydrogens (primary N) is 2. The first-order chi connectivity index (χ1) is 7.25. The molecule has 0 atom stereocenters. The van der Waals surface area contributed by atoms with Crippen LogP contribution in [0.25, 0.3) is 10.7 Å². The van der Waals surface area contributed by atoms with Gasteiger partial charge in [0, 0.05) is 6.20 Å². The number of aromatic nitrogens is 3. The Bertz CT molecular complexity index is 473. The van der Waals surface area contributed by atoms with Crippen LogP contribution in [-0.4, -0.2) is 21.1 Å². The minimum absolute atomic E-state index is 0.0290. The Morgan fingerprint density at radius 1 is 1.27 bits per heavy atom. The number of aliphatic imine (C=N–C) groups is 1. The number of hydrogen-bond acceptors (Lipinski definition) is 5. The van der Waals surface area contributed by atoms with Crippen molar-refractivity contribution in [2.75, 3.05) is 0 Å². The molecule has 0 amide bonds. The van der Waals surface area contributed by atoms with Gasteiger partial charge in [-0.3, -0.25) is 4.98 Å². The highest BCUT2D eigenvalue weighted by atomic mass is 32.1. The minimum atomic E-state index is -0.0290. The van der Waals surface area contributed by atoms with E-state index >= 15 is 0 Å². The van der Waals surface area contributed by atoms with Gasteiger partial charge in [0.25, 0.3) is 0 Å². The van der Waals surface area contributed by atoms with E-state index < -0.39 is 0 Å². The largest absolute Gasteiger partial charge is 0.370 e. The van der Waals surface area contributed by atoms with Crippen LogP contribution < -0.4 is 11.5 Å². The van der Waals surface area contributed by atoms with Gasteiger partial charge in [0.05, 0.1) is 0 Å². The van der Waals surface area contributed by atoms with Crippen LogP contribution >= 0.6 is 11.3 Å². The fourth-order valence-corrected chi connectivity index (χ4v) is 1.68. The van der Waals surface area contributed by atoms with Crippen LogP contribution in [0.3, 0.4) is 0 Å². The summed E-state index contributed by atoms with van der Waals surface area (Å²) in [5.41, 5.74) is 11.2. The third kappa shape index (κ3) is 2.26. The van der Waals surface area contributed by atoms with Crippen LogP contribution in [0.15, 0.2) is 29.4 Å². The summed E-state index contributed by atoms with van der Waals surface area (Å²) in [6.45, 7) is 0. The zero-order chi connectivity index (χ0) is 10.7. The summed E-state index contributed by atoms with van der Waals surface area (Å²) in [7, 11) is 0. The molecular formula is C8H8N6S. The summed E-state index contributed by atoms with van der Waals surface area (Å²) in [4.78, 5) is 7.93. The molecule has 0 bridgehead atoms. The molecule has 2 rings (SSSR count). The maximum absolute atomic E-state index is 5.22. The number of hydrogen-bond donors (Lipinski definition) is 2. The molecule has 4 N–H and O–H groups in total. The summed E-state index contributed by atoms with van der Waals surface area (Å²) in [5, 5.41) is 8.86. The van der Waals surface area contributed by atoms with Gasteiger partial charge in [0.15, 0.2) is 11.0 Å². The summed E-state index contributed by atoms with van der Waals surface area (Å²) in [6.07, 6.45) is 1.69. The van der Waals surface area contributed by atoms with E-state index in [1.807, 2.05) is 18.2 Å². The second-order valence-corrected chi connectivity index (χ2v) is 3.60. The summed E-state index contributed by atoms with van der Waals surface area (Å²) >= 11 is 1.28. The minimum Gasteiger partial charge on any atom is -0.370 e. The maximum Gasteiger partial charge on any atom is 0.235 e. The van der Waals surface area contributed by atoms with E-state index in [0.29, 0.717) is 10.1 Å². The maximum atomic E-state index is 5.22. The molecule has 0 aliphatic heterocycles. The Morgan fingerprint density at radius 3 is 2.80 bits per heavy atom. The molecule has 15 heavy (non-hydrogen) atoms. The molecule has 2 aromatic heterocycles. The molecule has 6 nitrogen and oxygen atoms in total. The van der Waals surface area contributed by atoms with Crippen LogP contribution in [-0.2, 0) is 0 Å². The normalized spacial score (nSPS) is 9.87.